The molecular weight excluding hydrogens is 497 g/mol. The first kappa shape index (κ1) is 29.4. The largest absolute Gasteiger partial charge is 0.480 e. The van der Waals surface area contributed by atoms with Crippen LogP contribution in [-0.2, 0) is 9.59 Å². The summed E-state index contributed by atoms with van der Waals surface area (Å²) in [5.41, 5.74) is 14.7. The van der Waals surface area contributed by atoms with E-state index in [1.807, 2.05) is 24.3 Å². The van der Waals surface area contributed by atoms with Crippen LogP contribution >= 0.6 is 0 Å². The minimum absolute atomic E-state index is 0.0442. The molecule has 0 bridgehead atoms. The van der Waals surface area contributed by atoms with Crippen LogP contribution in [0.25, 0.3) is 28.1 Å². The van der Waals surface area contributed by atoms with Gasteiger partial charge in [0.2, 0.25) is 5.91 Å². The molecule has 0 radical (unpaired) electrons. The molecule has 1 atom stereocenters. The summed E-state index contributed by atoms with van der Waals surface area (Å²) >= 11 is 0. The number of aromatic nitrogens is 1. The molecular formula is C30H38FN5O3. The zero-order valence-corrected chi connectivity index (χ0v) is 22.6. The van der Waals surface area contributed by atoms with E-state index in [1.54, 1.807) is 0 Å². The van der Waals surface area contributed by atoms with Gasteiger partial charge in [-0.2, -0.15) is 0 Å². The predicted octanol–water partition coefficient (Wildman–Crippen LogP) is 5.22. The highest BCUT2D eigenvalue weighted by Gasteiger charge is 2.20. The number of guanidine groups is 1. The van der Waals surface area contributed by atoms with Crippen molar-refractivity contribution in [3.05, 3.63) is 66.1 Å². The maximum Gasteiger partial charge on any atom is 0.326 e. The van der Waals surface area contributed by atoms with Gasteiger partial charge in [0, 0.05) is 41.2 Å². The van der Waals surface area contributed by atoms with E-state index >= 15 is 0 Å². The van der Waals surface area contributed by atoms with E-state index in [2.05, 4.69) is 53.0 Å². The van der Waals surface area contributed by atoms with Crippen LogP contribution in [0.5, 0.6) is 0 Å². The highest BCUT2D eigenvalue weighted by atomic mass is 19.1. The lowest BCUT2D eigenvalue weighted by Crippen LogP contribution is -2.40. The number of unbranched alkanes of at least 4 members (excludes halogenated alkanes) is 2. The average molecular weight is 536 g/mol. The number of allylic oxidation sites excluding steroid dienone is 1. The van der Waals surface area contributed by atoms with Crippen molar-refractivity contribution in [2.24, 2.45) is 16.5 Å². The molecule has 0 aliphatic rings. The summed E-state index contributed by atoms with van der Waals surface area (Å²) in [7, 11) is 0. The molecule has 0 fully saturated rings. The number of hydrogen-bond donors (Lipinski definition) is 4. The van der Waals surface area contributed by atoms with E-state index in [0.717, 1.165) is 40.6 Å². The number of amides is 1. The van der Waals surface area contributed by atoms with Gasteiger partial charge >= 0.3 is 5.97 Å². The van der Waals surface area contributed by atoms with Gasteiger partial charge in [-0.3, -0.25) is 9.79 Å². The number of aliphatic imine (C=N–C) groups is 1. The summed E-state index contributed by atoms with van der Waals surface area (Å²) in [4.78, 5) is 27.6. The zero-order chi connectivity index (χ0) is 28.4. The van der Waals surface area contributed by atoms with Crippen LogP contribution in [0.3, 0.4) is 0 Å². The Morgan fingerprint density at radius 2 is 1.79 bits per heavy atom. The van der Waals surface area contributed by atoms with Gasteiger partial charge < -0.3 is 26.5 Å². The summed E-state index contributed by atoms with van der Waals surface area (Å²) < 4.78 is 15.9. The molecule has 6 N–H and O–H groups in total. The van der Waals surface area contributed by atoms with Crippen LogP contribution in [0.4, 0.5) is 4.39 Å². The molecule has 208 valence electrons. The second-order valence-electron chi connectivity index (χ2n) is 9.80. The molecule has 0 saturated carbocycles. The molecule has 2 aromatic carbocycles. The quantitative estimate of drug-likeness (QED) is 0.127. The third-order valence-electron chi connectivity index (χ3n) is 6.48. The van der Waals surface area contributed by atoms with Crippen molar-refractivity contribution in [3.8, 4) is 11.1 Å². The summed E-state index contributed by atoms with van der Waals surface area (Å²) in [6.45, 7) is 4.59. The number of carbonyl (C=O) groups is 2. The molecule has 3 rings (SSSR count). The van der Waals surface area contributed by atoms with E-state index in [0.29, 0.717) is 19.4 Å². The number of halogens is 1. The summed E-state index contributed by atoms with van der Waals surface area (Å²) in [5, 5.41) is 13.1. The average Bonchev–Trinajstić information content (AvgIpc) is 3.22. The molecule has 0 unspecified atom stereocenters. The van der Waals surface area contributed by atoms with Crippen molar-refractivity contribution < 1.29 is 19.1 Å². The Morgan fingerprint density at radius 1 is 1.08 bits per heavy atom. The van der Waals surface area contributed by atoms with Crippen molar-refractivity contribution in [1.82, 2.24) is 9.88 Å². The van der Waals surface area contributed by atoms with Crippen LogP contribution in [0, 0.1) is 5.82 Å². The SMILES string of the molecule is CC(C)n1c(/C=C/CCCCC(=O)N[C@@H](CCCN=C(N)N)C(=O)O)c(-c2ccc(F)cc2)c2ccccc21. The van der Waals surface area contributed by atoms with Gasteiger partial charge in [-0.15, -0.1) is 0 Å². The Labute approximate surface area is 228 Å². The third kappa shape index (κ3) is 8.17. The fourth-order valence-corrected chi connectivity index (χ4v) is 4.69. The number of hydrogen-bond acceptors (Lipinski definition) is 3. The van der Waals surface area contributed by atoms with Crippen LogP contribution in [0.15, 0.2) is 59.6 Å². The van der Waals surface area contributed by atoms with Crippen molar-refractivity contribution in [3.63, 3.8) is 0 Å². The minimum Gasteiger partial charge on any atom is -0.480 e. The third-order valence-corrected chi connectivity index (χ3v) is 6.48. The van der Waals surface area contributed by atoms with E-state index < -0.39 is 12.0 Å². The van der Waals surface area contributed by atoms with Gasteiger partial charge in [0.05, 0.1) is 0 Å². The van der Waals surface area contributed by atoms with Gasteiger partial charge in [-0.1, -0.05) is 36.4 Å². The lowest BCUT2D eigenvalue weighted by Gasteiger charge is -2.14. The number of para-hydroxylation sites is 1. The Hall–Kier alpha value is -4.14. The number of carbonyl (C=O) groups excluding carboxylic acids is 1. The van der Waals surface area contributed by atoms with Crippen molar-refractivity contribution in [1.29, 1.82) is 0 Å². The minimum atomic E-state index is -1.08. The van der Waals surface area contributed by atoms with E-state index in [-0.39, 0.29) is 36.6 Å². The van der Waals surface area contributed by atoms with Crippen molar-refractivity contribution >= 4 is 34.8 Å². The number of rotatable bonds is 14. The van der Waals surface area contributed by atoms with Crippen molar-refractivity contribution in [2.45, 2.75) is 64.5 Å². The smallest absolute Gasteiger partial charge is 0.326 e. The fourth-order valence-electron chi connectivity index (χ4n) is 4.69. The van der Waals surface area contributed by atoms with Gasteiger partial charge in [-0.25, -0.2) is 9.18 Å². The first-order chi connectivity index (χ1) is 18.7. The molecule has 3 aromatic rings. The molecule has 39 heavy (non-hydrogen) atoms. The van der Waals surface area contributed by atoms with Gasteiger partial charge in [0.25, 0.3) is 0 Å². The molecule has 1 amide bonds. The zero-order valence-electron chi connectivity index (χ0n) is 22.6. The first-order valence-corrected chi connectivity index (χ1v) is 13.3. The van der Waals surface area contributed by atoms with Crippen LogP contribution in [0.2, 0.25) is 0 Å². The highest BCUT2D eigenvalue weighted by molar-refractivity contribution is 6.01. The number of nitrogens with one attached hydrogen (secondary N) is 1. The van der Waals surface area contributed by atoms with Crippen molar-refractivity contribution in [2.75, 3.05) is 6.54 Å². The Kier molecular flexibility index (Phi) is 10.7. The number of nitrogens with two attached hydrogens (primary N) is 2. The lowest BCUT2D eigenvalue weighted by atomic mass is 10.0. The number of fused-ring (bicyclic) bond motifs is 1. The van der Waals surface area contributed by atoms with Gasteiger partial charge in [-0.05, 0) is 75.8 Å². The number of benzene rings is 2. The van der Waals surface area contributed by atoms with E-state index in [1.165, 1.54) is 12.1 Å². The first-order valence-electron chi connectivity index (χ1n) is 13.3. The Morgan fingerprint density at radius 3 is 2.46 bits per heavy atom. The predicted molar refractivity (Wildman–Crippen MR) is 155 cm³/mol. The molecule has 0 aliphatic heterocycles. The molecule has 1 aromatic heterocycles. The monoisotopic (exact) mass is 535 g/mol. The summed E-state index contributed by atoms with van der Waals surface area (Å²) in [5.74, 6) is -1.68. The normalized spacial score (nSPS) is 12.2. The van der Waals surface area contributed by atoms with Crippen LogP contribution < -0.4 is 16.8 Å². The molecule has 0 saturated heterocycles. The topological polar surface area (TPSA) is 136 Å². The lowest BCUT2D eigenvalue weighted by molar-refractivity contribution is -0.142. The van der Waals surface area contributed by atoms with Crippen LogP contribution in [0.1, 0.15) is 64.1 Å². The summed E-state index contributed by atoms with van der Waals surface area (Å²) in [6, 6.07) is 14.1. The highest BCUT2D eigenvalue weighted by Crippen LogP contribution is 2.38. The second kappa shape index (κ2) is 14.1. The maximum absolute atomic E-state index is 13.6. The number of carboxylic acid groups (broad SMARTS) is 1. The fraction of sp³-hybridized carbons (Fsp3) is 0.367. The number of aliphatic carboxylic acids is 1. The molecule has 8 nitrogen and oxygen atoms in total. The van der Waals surface area contributed by atoms with Gasteiger partial charge in [0.15, 0.2) is 5.96 Å². The Bertz CT molecular complexity index is 1320. The second-order valence-corrected chi connectivity index (χ2v) is 9.80. The van der Waals surface area contributed by atoms with Gasteiger partial charge in [0.1, 0.15) is 11.9 Å². The van der Waals surface area contributed by atoms with E-state index in [9.17, 15) is 19.1 Å². The summed E-state index contributed by atoms with van der Waals surface area (Å²) in [6.07, 6.45) is 7.33. The number of nitrogens with zero attached hydrogens (tertiary/aromatic N) is 2. The Balaban J connectivity index is 1.63. The maximum atomic E-state index is 13.6. The molecule has 1 heterocycles. The molecule has 0 aliphatic carbocycles. The number of carboxylic acids is 1. The standard InChI is InChI=1S/C30H38FN5O3/c1-20(2)36-25-12-8-7-10-23(25)28(21-15-17-22(31)18-16-21)26(36)13-5-3-4-6-14-27(37)35-24(29(38)39)11-9-19-34-30(32)33/h5,7-8,10,12-13,15-18,20,24H,3-4,6,9,11,14,19H2,1-2H3,(H,35,37)(H,38,39)(H4,32,33,34)/b13-5+/t24-/m0/s1. The van der Waals surface area contributed by atoms with E-state index in [4.69, 9.17) is 11.5 Å². The molecule has 9 heteroatoms. The molecule has 0 spiro atoms. The van der Waals surface area contributed by atoms with Crippen LogP contribution in [-0.4, -0.2) is 40.1 Å².